The molecule has 0 heterocycles. The second-order valence-electron chi connectivity index (χ2n) is 2.49. The number of hydrogen-bond donors (Lipinski definition) is 0. The van der Waals surface area contributed by atoms with Crippen molar-refractivity contribution >= 4 is 11.6 Å². The van der Waals surface area contributed by atoms with Crippen LogP contribution < -0.4 is 0 Å². The Bertz CT molecular complexity index is 246. The first-order valence-corrected chi connectivity index (χ1v) is 3.71. The summed E-state index contributed by atoms with van der Waals surface area (Å²) >= 11 is 0. The number of carbonyl (C=O) groups is 2. The van der Waals surface area contributed by atoms with E-state index in [1.54, 1.807) is 12.2 Å². The van der Waals surface area contributed by atoms with E-state index in [0.717, 1.165) is 6.42 Å². The Morgan fingerprint density at radius 3 is 2.73 bits per heavy atom. The summed E-state index contributed by atoms with van der Waals surface area (Å²) < 4.78 is 0. The third-order valence-electron chi connectivity index (χ3n) is 1.58. The van der Waals surface area contributed by atoms with Crippen molar-refractivity contribution in [1.82, 2.24) is 0 Å². The van der Waals surface area contributed by atoms with E-state index in [-0.39, 0.29) is 5.78 Å². The summed E-state index contributed by atoms with van der Waals surface area (Å²) in [6.07, 6.45) is 6.26. The molecule has 0 aromatic carbocycles. The smallest absolute Gasteiger partial charge is 0.228 e. The van der Waals surface area contributed by atoms with Gasteiger partial charge in [0.25, 0.3) is 0 Å². The molecule has 0 spiro atoms. The fraction of sp³-hybridized carbons (Fsp3) is 0.333. The second-order valence-corrected chi connectivity index (χ2v) is 2.49. The average molecular weight is 150 g/mol. The second kappa shape index (κ2) is 3.28. The van der Waals surface area contributed by atoms with Crippen LogP contribution in [-0.4, -0.2) is 11.6 Å². The first kappa shape index (κ1) is 7.92. The van der Waals surface area contributed by atoms with E-state index in [2.05, 4.69) is 0 Å². The largest absolute Gasteiger partial charge is 0.286 e. The minimum atomic E-state index is -0.393. The Hall–Kier alpha value is -1.18. The van der Waals surface area contributed by atoms with Gasteiger partial charge in [-0.25, -0.2) is 0 Å². The van der Waals surface area contributed by atoms with Gasteiger partial charge in [-0.05, 0) is 12.5 Å². The number of Topliss-reactive ketones (excluding diaryl/α,β-unsaturated/α-hetero) is 1. The van der Waals surface area contributed by atoms with Gasteiger partial charge in [0.05, 0.1) is 0 Å². The fourth-order valence-corrected chi connectivity index (χ4v) is 1.03. The van der Waals surface area contributed by atoms with Crippen LogP contribution in [-0.2, 0) is 9.59 Å². The SMILES string of the molecule is CCCC1=CC=CC(=O)C1=O. The number of ketones is 2. The van der Waals surface area contributed by atoms with Crippen molar-refractivity contribution in [2.45, 2.75) is 19.8 Å². The maximum Gasteiger partial charge on any atom is 0.228 e. The van der Waals surface area contributed by atoms with Crippen LogP contribution in [0.2, 0.25) is 0 Å². The van der Waals surface area contributed by atoms with E-state index < -0.39 is 5.78 Å². The highest BCUT2D eigenvalue weighted by molar-refractivity contribution is 6.48. The lowest BCUT2D eigenvalue weighted by Gasteiger charge is -2.03. The van der Waals surface area contributed by atoms with Crippen molar-refractivity contribution in [3.05, 3.63) is 23.8 Å². The molecule has 0 aliphatic heterocycles. The van der Waals surface area contributed by atoms with Crippen molar-refractivity contribution in [1.29, 1.82) is 0 Å². The number of carbonyl (C=O) groups excluding carboxylic acids is 2. The molecular weight excluding hydrogens is 140 g/mol. The van der Waals surface area contributed by atoms with Crippen molar-refractivity contribution in [2.24, 2.45) is 0 Å². The number of rotatable bonds is 2. The standard InChI is InChI=1S/C9H10O2/c1-2-4-7-5-3-6-8(10)9(7)11/h3,5-6H,2,4H2,1H3. The lowest BCUT2D eigenvalue weighted by atomic mass is 9.99. The molecule has 0 amide bonds. The Balaban J connectivity index is 2.78. The van der Waals surface area contributed by atoms with E-state index in [1.807, 2.05) is 6.92 Å². The van der Waals surface area contributed by atoms with E-state index in [4.69, 9.17) is 0 Å². The molecule has 0 unspecified atom stereocenters. The normalized spacial score (nSPS) is 17.0. The summed E-state index contributed by atoms with van der Waals surface area (Å²) in [7, 11) is 0. The van der Waals surface area contributed by atoms with Crippen LogP contribution >= 0.6 is 0 Å². The summed E-state index contributed by atoms with van der Waals surface area (Å²) in [4.78, 5) is 21.8. The average Bonchev–Trinajstić information content (AvgIpc) is 1.99. The number of hydrogen-bond acceptors (Lipinski definition) is 2. The Labute approximate surface area is 65.6 Å². The maximum atomic E-state index is 11.0. The molecule has 2 heteroatoms. The van der Waals surface area contributed by atoms with Gasteiger partial charge in [0, 0.05) is 5.57 Å². The molecule has 0 bridgehead atoms. The molecule has 0 aromatic rings. The van der Waals surface area contributed by atoms with Crippen molar-refractivity contribution in [3.8, 4) is 0 Å². The van der Waals surface area contributed by atoms with E-state index in [1.165, 1.54) is 6.08 Å². The molecule has 0 saturated carbocycles. The fourth-order valence-electron chi connectivity index (χ4n) is 1.03. The van der Waals surface area contributed by atoms with Crippen molar-refractivity contribution in [2.75, 3.05) is 0 Å². The quantitative estimate of drug-likeness (QED) is 0.440. The maximum absolute atomic E-state index is 11.0. The van der Waals surface area contributed by atoms with Gasteiger partial charge in [0.2, 0.25) is 11.6 Å². The Morgan fingerprint density at radius 2 is 2.09 bits per heavy atom. The van der Waals surface area contributed by atoms with Crippen LogP contribution in [0.1, 0.15) is 19.8 Å². The van der Waals surface area contributed by atoms with Crippen molar-refractivity contribution in [3.63, 3.8) is 0 Å². The molecular formula is C9H10O2. The molecule has 1 aliphatic rings. The third-order valence-corrected chi connectivity index (χ3v) is 1.58. The lowest BCUT2D eigenvalue weighted by Crippen LogP contribution is -2.15. The molecule has 1 aliphatic carbocycles. The highest BCUT2D eigenvalue weighted by atomic mass is 16.2. The Morgan fingerprint density at radius 1 is 1.36 bits per heavy atom. The zero-order valence-electron chi connectivity index (χ0n) is 6.46. The van der Waals surface area contributed by atoms with Crippen LogP contribution in [0.5, 0.6) is 0 Å². The molecule has 1 rings (SSSR count). The van der Waals surface area contributed by atoms with Gasteiger partial charge >= 0.3 is 0 Å². The summed E-state index contributed by atoms with van der Waals surface area (Å²) in [5.41, 5.74) is 0.639. The van der Waals surface area contributed by atoms with Gasteiger partial charge in [-0.1, -0.05) is 25.5 Å². The summed E-state index contributed by atoms with van der Waals surface area (Å²) in [6.45, 7) is 1.98. The minimum absolute atomic E-state index is 0.339. The zero-order chi connectivity index (χ0) is 8.27. The molecule has 58 valence electrons. The molecule has 0 aromatic heterocycles. The summed E-state index contributed by atoms with van der Waals surface area (Å²) in [6, 6.07) is 0. The van der Waals surface area contributed by atoms with Gasteiger partial charge < -0.3 is 0 Å². The van der Waals surface area contributed by atoms with Crippen LogP contribution in [0.15, 0.2) is 23.8 Å². The van der Waals surface area contributed by atoms with Gasteiger partial charge in [-0.15, -0.1) is 0 Å². The van der Waals surface area contributed by atoms with E-state index in [0.29, 0.717) is 12.0 Å². The van der Waals surface area contributed by atoms with Gasteiger partial charge in [0.1, 0.15) is 0 Å². The molecule has 0 saturated heterocycles. The summed E-state index contributed by atoms with van der Waals surface area (Å²) in [5.74, 6) is -0.731. The summed E-state index contributed by atoms with van der Waals surface area (Å²) in [5, 5.41) is 0. The third kappa shape index (κ3) is 1.64. The molecule has 0 atom stereocenters. The Kier molecular flexibility index (Phi) is 2.36. The zero-order valence-corrected chi connectivity index (χ0v) is 6.46. The number of allylic oxidation sites excluding steroid dienone is 4. The monoisotopic (exact) mass is 150 g/mol. The minimum Gasteiger partial charge on any atom is -0.286 e. The first-order chi connectivity index (χ1) is 5.25. The lowest BCUT2D eigenvalue weighted by molar-refractivity contribution is -0.131. The molecule has 0 N–H and O–H groups in total. The van der Waals surface area contributed by atoms with E-state index >= 15 is 0 Å². The molecule has 0 radical (unpaired) electrons. The highest BCUT2D eigenvalue weighted by Crippen LogP contribution is 2.10. The van der Waals surface area contributed by atoms with Crippen molar-refractivity contribution < 1.29 is 9.59 Å². The van der Waals surface area contributed by atoms with Crippen LogP contribution in [0, 0.1) is 0 Å². The highest BCUT2D eigenvalue weighted by Gasteiger charge is 2.17. The van der Waals surface area contributed by atoms with Crippen LogP contribution in [0.25, 0.3) is 0 Å². The predicted octanol–water partition coefficient (Wildman–Crippen LogP) is 1.42. The van der Waals surface area contributed by atoms with E-state index in [9.17, 15) is 9.59 Å². The van der Waals surface area contributed by atoms with Gasteiger partial charge in [-0.3, -0.25) is 9.59 Å². The topological polar surface area (TPSA) is 34.1 Å². The molecule has 11 heavy (non-hydrogen) atoms. The predicted molar refractivity (Wildman–Crippen MR) is 42.1 cm³/mol. The van der Waals surface area contributed by atoms with Crippen LogP contribution in [0.4, 0.5) is 0 Å². The first-order valence-electron chi connectivity index (χ1n) is 3.71. The van der Waals surface area contributed by atoms with Crippen LogP contribution in [0.3, 0.4) is 0 Å². The molecule has 2 nitrogen and oxygen atoms in total. The molecule has 0 fully saturated rings. The van der Waals surface area contributed by atoms with Gasteiger partial charge in [-0.2, -0.15) is 0 Å². The van der Waals surface area contributed by atoms with Gasteiger partial charge in [0.15, 0.2) is 0 Å².